The van der Waals surface area contributed by atoms with Crippen LogP contribution in [0.4, 0.5) is 0 Å². The third-order valence-electron chi connectivity index (χ3n) is 4.61. The number of hydrogen-bond donors (Lipinski definition) is 1. The van der Waals surface area contributed by atoms with E-state index in [1.807, 2.05) is 0 Å². The van der Waals surface area contributed by atoms with E-state index in [-0.39, 0.29) is 6.10 Å². The third kappa shape index (κ3) is 3.80. The van der Waals surface area contributed by atoms with Gasteiger partial charge in [-0.05, 0) is 70.4 Å². The normalized spacial score (nSPS) is 19.8. The molecule has 0 saturated heterocycles. The van der Waals surface area contributed by atoms with Crippen molar-refractivity contribution in [2.75, 3.05) is 13.7 Å². The Hall–Kier alpha value is -1.00. The van der Waals surface area contributed by atoms with Gasteiger partial charge in [-0.2, -0.15) is 0 Å². The minimum absolute atomic E-state index is 0.0907. The molecule has 0 spiro atoms. The molecular weight excluding hydrogens is 262 g/mol. The number of aromatic nitrogens is 2. The highest BCUT2D eigenvalue weighted by molar-refractivity contribution is 5.25. The van der Waals surface area contributed by atoms with Gasteiger partial charge in [0.15, 0.2) is 5.82 Å². The fourth-order valence-corrected chi connectivity index (χ4v) is 3.02. The van der Waals surface area contributed by atoms with Crippen LogP contribution in [0.2, 0.25) is 0 Å². The lowest BCUT2D eigenvalue weighted by Crippen LogP contribution is -2.18. The minimum Gasteiger partial charge on any atom is -0.373 e. The maximum Gasteiger partial charge on any atom is 0.157 e. The summed E-state index contributed by atoms with van der Waals surface area (Å²) in [4.78, 5) is 9.47. The molecule has 1 unspecified atom stereocenters. The van der Waals surface area contributed by atoms with Crippen LogP contribution in [0.15, 0.2) is 0 Å². The summed E-state index contributed by atoms with van der Waals surface area (Å²) >= 11 is 0. The molecular formula is C17H27N3O. The van der Waals surface area contributed by atoms with E-state index in [0.717, 1.165) is 42.6 Å². The van der Waals surface area contributed by atoms with Gasteiger partial charge >= 0.3 is 0 Å². The van der Waals surface area contributed by atoms with Crippen LogP contribution in [0.3, 0.4) is 0 Å². The van der Waals surface area contributed by atoms with Crippen molar-refractivity contribution in [2.24, 2.45) is 5.92 Å². The molecule has 21 heavy (non-hydrogen) atoms. The van der Waals surface area contributed by atoms with E-state index in [4.69, 9.17) is 14.7 Å². The number of rotatable bonds is 8. The van der Waals surface area contributed by atoms with E-state index in [2.05, 4.69) is 19.2 Å². The van der Waals surface area contributed by atoms with Gasteiger partial charge in [0.05, 0.1) is 0 Å². The maximum atomic E-state index is 5.61. The molecule has 1 heterocycles. The molecule has 1 aromatic heterocycles. The number of aryl methyl sites for hydroxylation is 2. The SMILES string of the molecule is COC(c1nc(C)c(CCCNC2CC2)c(C)n1)C1CC1. The summed E-state index contributed by atoms with van der Waals surface area (Å²) in [7, 11) is 1.77. The van der Waals surface area contributed by atoms with E-state index in [1.54, 1.807) is 7.11 Å². The van der Waals surface area contributed by atoms with E-state index in [1.165, 1.54) is 31.2 Å². The highest BCUT2D eigenvalue weighted by atomic mass is 16.5. The zero-order valence-electron chi connectivity index (χ0n) is 13.5. The Morgan fingerprint density at radius 2 is 1.81 bits per heavy atom. The number of nitrogens with zero attached hydrogens (tertiary/aromatic N) is 2. The molecule has 116 valence electrons. The van der Waals surface area contributed by atoms with Crippen LogP contribution < -0.4 is 5.32 Å². The molecule has 3 rings (SSSR count). The molecule has 0 aliphatic heterocycles. The van der Waals surface area contributed by atoms with Crippen molar-refractivity contribution in [3.8, 4) is 0 Å². The Bertz CT molecular complexity index is 472. The van der Waals surface area contributed by atoms with Crippen molar-refractivity contribution < 1.29 is 4.74 Å². The number of nitrogens with one attached hydrogen (secondary N) is 1. The van der Waals surface area contributed by atoms with Gasteiger partial charge in [0, 0.05) is 24.5 Å². The molecule has 2 saturated carbocycles. The first-order valence-electron chi connectivity index (χ1n) is 8.29. The van der Waals surface area contributed by atoms with Gasteiger partial charge in [0.1, 0.15) is 6.10 Å². The fraction of sp³-hybridized carbons (Fsp3) is 0.765. The molecule has 0 radical (unpaired) electrons. The summed E-state index contributed by atoms with van der Waals surface area (Å²) in [5.41, 5.74) is 3.58. The summed E-state index contributed by atoms with van der Waals surface area (Å²) in [6.07, 6.45) is 7.53. The first-order chi connectivity index (χ1) is 10.2. The fourth-order valence-electron chi connectivity index (χ4n) is 3.02. The smallest absolute Gasteiger partial charge is 0.157 e. The Labute approximate surface area is 127 Å². The Balaban J connectivity index is 1.63. The van der Waals surface area contributed by atoms with Crippen LogP contribution in [0.25, 0.3) is 0 Å². The summed E-state index contributed by atoms with van der Waals surface area (Å²) < 4.78 is 5.61. The zero-order chi connectivity index (χ0) is 14.8. The highest BCUT2D eigenvalue weighted by Crippen LogP contribution is 2.42. The van der Waals surface area contributed by atoms with Crippen LogP contribution in [0.5, 0.6) is 0 Å². The van der Waals surface area contributed by atoms with Gasteiger partial charge in [-0.25, -0.2) is 9.97 Å². The molecule has 2 aliphatic rings. The monoisotopic (exact) mass is 289 g/mol. The Morgan fingerprint density at radius 1 is 1.14 bits per heavy atom. The number of hydrogen-bond acceptors (Lipinski definition) is 4. The van der Waals surface area contributed by atoms with Crippen molar-refractivity contribution in [3.63, 3.8) is 0 Å². The predicted octanol–water partition coefficient (Wildman–Crippen LogP) is 2.88. The molecule has 2 fully saturated rings. The third-order valence-corrected chi connectivity index (χ3v) is 4.61. The summed E-state index contributed by atoms with van der Waals surface area (Å²) in [6.45, 7) is 5.33. The molecule has 1 N–H and O–H groups in total. The zero-order valence-corrected chi connectivity index (χ0v) is 13.5. The second kappa shape index (κ2) is 6.41. The average Bonchev–Trinajstić information content (AvgIpc) is 3.32. The molecule has 1 aromatic rings. The van der Waals surface area contributed by atoms with E-state index >= 15 is 0 Å². The second-order valence-electron chi connectivity index (χ2n) is 6.56. The van der Waals surface area contributed by atoms with Crippen LogP contribution in [0.1, 0.15) is 61.0 Å². The van der Waals surface area contributed by atoms with Crippen molar-refractivity contribution >= 4 is 0 Å². The molecule has 4 nitrogen and oxygen atoms in total. The second-order valence-corrected chi connectivity index (χ2v) is 6.56. The standard InChI is InChI=1S/C17H27N3O/c1-11-15(5-4-10-18-14-8-9-14)12(2)20-17(19-11)16(21-3)13-6-7-13/h13-14,16,18H,4-10H2,1-3H3. The summed E-state index contributed by atoms with van der Waals surface area (Å²) in [5, 5.41) is 3.57. The molecule has 0 amide bonds. The van der Waals surface area contributed by atoms with Gasteiger partial charge < -0.3 is 10.1 Å². The Kier molecular flexibility index (Phi) is 4.55. The first-order valence-corrected chi connectivity index (χ1v) is 8.29. The minimum atomic E-state index is 0.0907. The van der Waals surface area contributed by atoms with Gasteiger partial charge in [-0.15, -0.1) is 0 Å². The Morgan fingerprint density at radius 3 is 2.33 bits per heavy atom. The van der Waals surface area contributed by atoms with Crippen LogP contribution in [0, 0.1) is 19.8 Å². The van der Waals surface area contributed by atoms with Crippen LogP contribution in [-0.2, 0) is 11.2 Å². The summed E-state index contributed by atoms with van der Waals surface area (Å²) in [6, 6.07) is 0.798. The molecule has 4 heteroatoms. The largest absolute Gasteiger partial charge is 0.373 e. The van der Waals surface area contributed by atoms with Gasteiger partial charge in [0.2, 0.25) is 0 Å². The van der Waals surface area contributed by atoms with Crippen LogP contribution in [-0.4, -0.2) is 29.7 Å². The lowest BCUT2D eigenvalue weighted by Gasteiger charge is -2.16. The topological polar surface area (TPSA) is 47.0 Å². The molecule has 0 aromatic carbocycles. The number of methoxy groups -OCH3 is 1. The highest BCUT2D eigenvalue weighted by Gasteiger charge is 2.34. The maximum absolute atomic E-state index is 5.61. The van der Waals surface area contributed by atoms with E-state index < -0.39 is 0 Å². The average molecular weight is 289 g/mol. The van der Waals surface area contributed by atoms with Crippen molar-refractivity contribution in [1.82, 2.24) is 15.3 Å². The molecule has 2 aliphatic carbocycles. The van der Waals surface area contributed by atoms with E-state index in [9.17, 15) is 0 Å². The van der Waals surface area contributed by atoms with E-state index in [0.29, 0.717) is 5.92 Å². The van der Waals surface area contributed by atoms with Crippen molar-refractivity contribution in [1.29, 1.82) is 0 Å². The van der Waals surface area contributed by atoms with Crippen molar-refractivity contribution in [3.05, 3.63) is 22.8 Å². The first kappa shape index (κ1) is 14.9. The molecule has 1 atom stereocenters. The predicted molar refractivity (Wildman–Crippen MR) is 83.3 cm³/mol. The lowest BCUT2D eigenvalue weighted by atomic mass is 10.1. The lowest BCUT2D eigenvalue weighted by molar-refractivity contribution is 0.0768. The van der Waals surface area contributed by atoms with Gasteiger partial charge in [-0.3, -0.25) is 0 Å². The van der Waals surface area contributed by atoms with Crippen LogP contribution >= 0.6 is 0 Å². The van der Waals surface area contributed by atoms with Gasteiger partial charge in [-0.1, -0.05) is 0 Å². The number of ether oxygens (including phenoxy) is 1. The van der Waals surface area contributed by atoms with Crippen molar-refractivity contribution in [2.45, 2.75) is 64.5 Å². The quantitative estimate of drug-likeness (QED) is 0.748. The molecule has 0 bridgehead atoms. The van der Waals surface area contributed by atoms with Gasteiger partial charge in [0.25, 0.3) is 0 Å². The summed E-state index contributed by atoms with van der Waals surface area (Å²) in [5.74, 6) is 1.51.